The second kappa shape index (κ2) is 4.33. The number of rotatable bonds is 2. The maximum absolute atomic E-state index is 11.8. The molecule has 2 fully saturated rings. The Hall–Kier alpha value is -0.860. The molecule has 2 rings (SSSR count). The Morgan fingerprint density at radius 2 is 2.00 bits per heavy atom. The molecule has 0 spiro atoms. The molecule has 0 unspecified atom stereocenters. The van der Waals surface area contributed by atoms with Gasteiger partial charge in [-0.2, -0.15) is 0 Å². The Labute approximate surface area is 91.3 Å². The monoisotopic (exact) mass is 208 g/mol. The van der Waals surface area contributed by atoms with Gasteiger partial charge in [0.1, 0.15) is 5.84 Å². The lowest BCUT2D eigenvalue weighted by atomic mass is 9.82. The van der Waals surface area contributed by atoms with Crippen molar-refractivity contribution in [1.29, 1.82) is 5.41 Å². The van der Waals surface area contributed by atoms with Crippen LogP contribution in [-0.4, -0.2) is 23.7 Å². The van der Waals surface area contributed by atoms with Gasteiger partial charge in [0.25, 0.3) is 0 Å². The van der Waals surface area contributed by atoms with Gasteiger partial charge in [-0.25, -0.2) is 0 Å². The van der Waals surface area contributed by atoms with Crippen molar-refractivity contribution in [1.82, 2.24) is 4.90 Å². The van der Waals surface area contributed by atoms with Crippen molar-refractivity contribution in [2.24, 2.45) is 11.8 Å². The van der Waals surface area contributed by atoms with Gasteiger partial charge in [-0.15, -0.1) is 0 Å². The molecule has 0 aromatic heterocycles. The van der Waals surface area contributed by atoms with Gasteiger partial charge < -0.3 is 4.90 Å². The number of nitrogens with zero attached hydrogens (tertiary/aromatic N) is 1. The first kappa shape index (κ1) is 10.7. The van der Waals surface area contributed by atoms with Gasteiger partial charge in [0.15, 0.2) is 0 Å². The minimum atomic E-state index is 0.116. The molecule has 1 aliphatic heterocycles. The Morgan fingerprint density at radius 3 is 2.53 bits per heavy atom. The van der Waals surface area contributed by atoms with Crippen LogP contribution < -0.4 is 0 Å². The van der Waals surface area contributed by atoms with Gasteiger partial charge in [-0.3, -0.25) is 10.2 Å². The van der Waals surface area contributed by atoms with Gasteiger partial charge in [-0.1, -0.05) is 32.1 Å². The number of amidine groups is 1. The number of amides is 1. The molecule has 0 aromatic rings. The Bertz CT molecular complexity index is 269. The molecule has 3 heteroatoms. The highest BCUT2D eigenvalue weighted by Crippen LogP contribution is 2.33. The first-order valence-electron chi connectivity index (χ1n) is 6.03. The molecule has 1 atom stereocenters. The molecular weight excluding hydrogens is 188 g/mol. The van der Waals surface area contributed by atoms with Crippen LogP contribution in [0.4, 0.5) is 0 Å². The zero-order valence-electron chi connectivity index (χ0n) is 9.46. The molecule has 2 aliphatic rings. The molecule has 1 saturated heterocycles. The Morgan fingerprint density at radius 1 is 1.33 bits per heavy atom. The van der Waals surface area contributed by atoms with Crippen molar-refractivity contribution in [3.05, 3.63) is 0 Å². The summed E-state index contributed by atoms with van der Waals surface area (Å²) in [6.45, 7) is 0. The molecule has 84 valence electrons. The summed E-state index contributed by atoms with van der Waals surface area (Å²) in [4.78, 5) is 13.3. The molecule has 0 bridgehead atoms. The van der Waals surface area contributed by atoms with Gasteiger partial charge in [0, 0.05) is 19.4 Å². The van der Waals surface area contributed by atoms with Crippen LogP contribution in [-0.2, 0) is 4.79 Å². The van der Waals surface area contributed by atoms with E-state index in [9.17, 15) is 4.79 Å². The molecule has 15 heavy (non-hydrogen) atoms. The van der Waals surface area contributed by atoms with E-state index in [4.69, 9.17) is 5.41 Å². The molecule has 1 saturated carbocycles. The molecule has 1 aliphatic carbocycles. The molecule has 1 heterocycles. The van der Waals surface area contributed by atoms with Crippen LogP contribution >= 0.6 is 0 Å². The van der Waals surface area contributed by atoms with E-state index in [1.165, 1.54) is 37.0 Å². The summed E-state index contributed by atoms with van der Waals surface area (Å²) in [5.74, 6) is 1.53. The van der Waals surface area contributed by atoms with E-state index in [-0.39, 0.29) is 11.8 Å². The molecule has 1 N–H and O–H groups in total. The number of carbonyl (C=O) groups excluding carboxylic acids is 1. The van der Waals surface area contributed by atoms with Gasteiger partial charge in [0.2, 0.25) is 5.91 Å². The SMILES string of the molecule is CN1C(=N)C[C@H](CC2CCCCC2)C1=O. The van der Waals surface area contributed by atoms with E-state index in [1.807, 2.05) is 0 Å². The summed E-state index contributed by atoms with van der Waals surface area (Å²) in [6.07, 6.45) is 8.31. The Balaban J connectivity index is 1.89. The third kappa shape index (κ3) is 2.21. The second-order valence-electron chi connectivity index (χ2n) is 4.98. The van der Waals surface area contributed by atoms with Crippen molar-refractivity contribution < 1.29 is 4.79 Å². The highest BCUT2D eigenvalue weighted by Gasteiger charge is 2.35. The average Bonchev–Trinajstić information content (AvgIpc) is 2.48. The predicted octanol–water partition coefficient (Wildman–Crippen LogP) is 2.41. The van der Waals surface area contributed by atoms with E-state index in [0.717, 1.165) is 12.3 Å². The fourth-order valence-electron chi connectivity index (χ4n) is 2.87. The van der Waals surface area contributed by atoms with E-state index < -0.39 is 0 Å². The fourth-order valence-corrected chi connectivity index (χ4v) is 2.87. The van der Waals surface area contributed by atoms with Crippen LogP contribution in [0.1, 0.15) is 44.9 Å². The smallest absolute Gasteiger partial charge is 0.231 e. The van der Waals surface area contributed by atoms with E-state index in [0.29, 0.717) is 12.3 Å². The largest absolute Gasteiger partial charge is 0.304 e. The molecule has 1 amide bonds. The summed E-state index contributed by atoms with van der Waals surface area (Å²) in [6, 6.07) is 0. The quantitative estimate of drug-likeness (QED) is 0.744. The summed E-state index contributed by atoms with van der Waals surface area (Å²) in [5.41, 5.74) is 0. The minimum Gasteiger partial charge on any atom is -0.304 e. The fraction of sp³-hybridized carbons (Fsp3) is 0.833. The van der Waals surface area contributed by atoms with Crippen LogP contribution in [0.5, 0.6) is 0 Å². The van der Waals surface area contributed by atoms with Crippen LogP contribution in [0, 0.1) is 17.2 Å². The standard InChI is InChI=1S/C12H20N2O/c1-14-11(13)8-10(12(14)15)7-9-5-3-2-4-6-9/h9-10,13H,2-8H2,1H3/t10-/m0/s1. The number of likely N-dealkylation sites (tertiary alicyclic amines) is 1. The lowest BCUT2D eigenvalue weighted by Gasteiger charge is -2.23. The van der Waals surface area contributed by atoms with Crippen molar-refractivity contribution >= 4 is 11.7 Å². The highest BCUT2D eigenvalue weighted by atomic mass is 16.2. The molecule has 3 nitrogen and oxygen atoms in total. The maximum atomic E-state index is 11.8. The van der Waals surface area contributed by atoms with Crippen molar-refractivity contribution in [2.45, 2.75) is 44.9 Å². The van der Waals surface area contributed by atoms with Crippen LogP contribution in [0.25, 0.3) is 0 Å². The maximum Gasteiger partial charge on any atom is 0.231 e. The number of hydrogen-bond acceptors (Lipinski definition) is 2. The summed E-state index contributed by atoms with van der Waals surface area (Å²) in [7, 11) is 1.73. The molecule has 0 aromatic carbocycles. The van der Waals surface area contributed by atoms with E-state index in [2.05, 4.69) is 0 Å². The molecule has 0 radical (unpaired) electrons. The van der Waals surface area contributed by atoms with Gasteiger partial charge in [0.05, 0.1) is 0 Å². The third-order valence-corrected chi connectivity index (χ3v) is 3.87. The number of nitrogens with one attached hydrogen (secondary N) is 1. The minimum absolute atomic E-state index is 0.116. The second-order valence-corrected chi connectivity index (χ2v) is 4.98. The first-order chi connectivity index (χ1) is 7.18. The van der Waals surface area contributed by atoms with Gasteiger partial charge in [-0.05, 0) is 12.3 Å². The topological polar surface area (TPSA) is 44.2 Å². The van der Waals surface area contributed by atoms with E-state index >= 15 is 0 Å². The zero-order valence-corrected chi connectivity index (χ0v) is 9.46. The van der Waals surface area contributed by atoms with Gasteiger partial charge >= 0.3 is 0 Å². The van der Waals surface area contributed by atoms with Crippen LogP contribution in [0.2, 0.25) is 0 Å². The highest BCUT2D eigenvalue weighted by molar-refractivity contribution is 6.04. The van der Waals surface area contributed by atoms with Crippen molar-refractivity contribution in [3.8, 4) is 0 Å². The van der Waals surface area contributed by atoms with Crippen LogP contribution in [0.15, 0.2) is 0 Å². The lowest BCUT2D eigenvalue weighted by molar-refractivity contribution is -0.128. The van der Waals surface area contributed by atoms with Crippen LogP contribution in [0.3, 0.4) is 0 Å². The van der Waals surface area contributed by atoms with E-state index in [1.54, 1.807) is 7.05 Å². The molecular formula is C12H20N2O. The third-order valence-electron chi connectivity index (χ3n) is 3.87. The zero-order chi connectivity index (χ0) is 10.8. The Kier molecular flexibility index (Phi) is 3.08. The first-order valence-corrected chi connectivity index (χ1v) is 6.03. The summed E-state index contributed by atoms with van der Waals surface area (Å²) >= 11 is 0. The predicted molar refractivity (Wildman–Crippen MR) is 59.8 cm³/mol. The summed E-state index contributed by atoms with van der Waals surface area (Å²) in [5, 5.41) is 7.64. The van der Waals surface area contributed by atoms with Crippen molar-refractivity contribution in [3.63, 3.8) is 0 Å². The number of hydrogen-bond donors (Lipinski definition) is 1. The average molecular weight is 208 g/mol. The van der Waals surface area contributed by atoms with Crippen molar-refractivity contribution in [2.75, 3.05) is 7.05 Å². The summed E-state index contributed by atoms with van der Waals surface area (Å²) < 4.78 is 0. The normalized spacial score (nSPS) is 28.9. The number of carbonyl (C=O) groups is 1. The lowest BCUT2D eigenvalue weighted by Crippen LogP contribution is -2.26.